The van der Waals surface area contributed by atoms with Crippen LogP contribution in [0, 0.1) is 5.92 Å². The van der Waals surface area contributed by atoms with Gasteiger partial charge in [0.15, 0.2) is 0 Å². The van der Waals surface area contributed by atoms with Gasteiger partial charge in [0, 0.05) is 16.4 Å². The summed E-state index contributed by atoms with van der Waals surface area (Å²) in [5.74, 6) is -0.446. The summed E-state index contributed by atoms with van der Waals surface area (Å²) in [6.07, 6.45) is 5.06. The largest absolute Gasteiger partial charge is 0.352 e. The average molecular weight is 444 g/mol. The van der Waals surface area contributed by atoms with Crippen molar-refractivity contribution in [3.05, 3.63) is 35.4 Å². The first-order valence-electron chi connectivity index (χ1n) is 11.4. The molecule has 2 fully saturated rings. The van der Waals surface area contributed by atoms with Crippen LogP contribution in [0.25, 0.3) is 0 Å². The fourth-order valence-corrected chi connectivity index (χ4v) is 6.69. The maximum atomic E-state index is 13.6. The van der Waals surface area contributed by atoms with E-state index >= 15 is 0 Å². The molecular weight excluding hydrogens is 410 g/mol. The molecule has 0 bridgehead atoms. The zero-order valence-corrected chi connectivity index (χ0v) is 19.6. The van der Waals surface area contributed by atoms with Crippen molar-refractivity contribution < 1.29 is 14.4 Å². The number of fused-ring (bicyclic) bond motifs is 3. The van der Waals surface area contributed by atoms with Crippen LogP contribution in [0.1, 0.15) is 81.1 Å². The Hall–Kier alpha value is -2.02. The van der Waals surface area contributed by atoms with Crippen molar-refractivity contribution in [1.82, 2.24) is 15.5 Å². The Morgan fingerprint density at radius 3 is 2.58 bits per heavy atom. The summed E-state index contributed by atoms with van der Waals surface area (Å²) in [4.78, 5) is 41.5. The van der Waals surface area contributed by atoms with E-state index in [1.165, 1.54) is 0 Å². The smallest absolute Gasteiger partial charge is 0.256 e. The Bertz CT molecular complexity index is 881. The lowest BCUT2D eigenvalue weighted by Crippen LogP contribution is -2.59. The molecule has 1 saturated carbocycles. The second-order valence-electron chi connectivity index (χ2n) is 9.64. The number of rotatable bonds is 6. The van der Waals surface area contributed by atoms with E-state index in [1.807, 2.05) is 52.0 Å². The normalized spacial score (nSPS) is 26.3. The van der Waals surface area contributed by atoms with Crippen LogP contribution in [-0.2, 0) is 9.59 Å². The summed E-state index contributed by atoms with van der Waals surface area (Å²) in [6.45, 7) is 8.03. The number of amides is 3. The Balaban J connectivity index is 1.55. The molecule has 1 aromatic carbocycles. The topological polar surface area (TPSA) is 78.5 Å². The van der Waals surface area contributed by atoms with Gasteiger partial charge >= 0.3 is 0 Å². The molecule has 0 radical (unpaired) electrons. The monoisotopic (exact) mass is 443 g/mol. The summed E-state index contributed by atoms with van der Waals surface area (Å²) in [5, 5.41) is 6.02. The fourth-order valence-electron chi connectivity index (χ4n) is 5.10. The SMILES string of the molecule is CC[C@H](C)[C@H](NC(=O)[C@H]1N2C(=O)c3ccccc3[C@@H]2SC1(C)C)C(=O)NC1CCCC1. The van der Waals surface area contributed by atoms with Gasteiger partial charge in [0.1, 0.15) is 17.5 Å². The average Bonchev–Trinajstić information content (AvgIpc) is 3.41. The first-order chi connectivity index (χ1) is 14.7. The second-order valence-corrected chi connectivity index (χ2v) is 11.4. The molecule has 4 atom stereocenters. The molecule has 168 valence electrons. The first kappa shape index (κ1) is 22.2. The molecule has 0 unspecified atom stereocenters. The van der Waals surface area contributed by atoms with Crippen LogP contribution in [0.15, 0.2) is 24.3 Å². The van der Waals surface area contributed by atoms with E-state index in [4.69, 9.17) is 0 Å². The summed E-state index contributed by atoms with van der Waals surface area (Å²) < 4.78 is -0.458. The Morgan fingerprint density at radius 1 is 1.23 bits per heavy atom. The predicted molar refractivity (Wildman–Crippen MR) is 123 cm³/mol. The lowest BCUT2D eigenvalue weighted by molar-refractivity contribution is -0.133. The van der Waals surface area contributed by atoms with Crippen molar-refractivity contribution in [1.29, 1.82) is 0 Å². The number of benzene rings is 1. The molecule has 1 saturated heterocycles. The lowest BCUT2D eigenvalue weighted by Gasteiger charge is -2.32. The molecular formula is C24H33N3O3S. The molecule has 1 aliphatic carbocycles. The van der Waals surface area contributed by atoms with E-state index in [1.54, 1.807) is 16.7 Å². The van der Waals surface area contributed by atoms with Crippen LogP contribution in [0.2, 0.25) is 0 Å². The second kappa shape index (κ2) is 8.49. The lowest BCUT2D eigenvalue weighted by atomic mass is 9.95. The number of nitrogens with zero attached hydrogens (tertiary/aromatic N) is 1. The standard InChI is InChI=1S/C24H33N3O3S/c1-5-14(2)18(20(28)25-15-10-6-7-11-15)26-21(29)19-24(3,4)31-23-17-13-9-8-12-16(17)22(30)27(19)23/h8-9,12-15,18-19,23H,5-7,10-11H2,1-4H3,(H,25,28)(H,26,29)/t14-,18-,19+,23-/m0/s1. The highest BCUT2D eigenvalue weighted by Gasteiger charge is 2.57. The highest BCUT2D eigenvalue weighted by molar-refractivity contribution is 8.01. The molecule has 1 aromatic rings. The number of hydrogen-bond acceptors (Lipinski definition) is 4. The molecule has 0 spiro atoms. The van der Waals surface area contributed by atoms with Crippen molar-refractivity contribution in [2.75, 3.05) is 0 Å². The van der Waals surface area contributed by atoms with E-state index in [9.17, 15) is 14.4 Å². The Kier molecular flexibility index (Phi) is 6.08. The number of hydrogen-bond donors (Lipinski definition) is 2. The fraction of sp³-hybridized carbons (Fsp3) is 0.625. The van der Waals surface area contributed by atoms with Gasteiger partial charge < -0.3 is 15.5 Å². The van der Waals surface area contributed by atoms with Crippen LogP contribution >= 0.6 is 11.8 Å². The predicted octanol–water partition coefficient (Wildman–Crippen LogP) is 3.62. The van der Waals surface area contributed by atoms with Crippen molar-refractivity contribution in [2.45, 2.75) is 88.0 Å². The molecule has 7 heteroatoms. The molecule has 2 heterocycles. The number of carbonyl (C=O) groups is 3. The number of thioether (sulfide) groups is 1. The van der Waals surface area contributed by atoms with Gasteiger partial charge in [-0.25, -0.2) is 0 Å². The van der Waals surface area contributed by atoms with E-state index < -0.39 is 16.8 Å². The quantitative estimate of drug-likeness (QED) is 0.704. The Labute approximate surface area is 188 Å². The Morgan fingerprint density at radius 2 is 1.90 bits per heavy atom. The summed E-state index contributed by atoms with van der Waals surface area (Å²) in [5.41, 5.74) is 1.64. The molecule has 2 aliphatic heterocycles. The minimum absolute atomic E-state index is 0.00444. The van der Waals surface area contributed by atoms with Gasteiger partial charge in [-0.05, 0) is 44.2 Å². The van der Waals surface area contributed by atoms with Gasteiger partial charge in [-0.1, -0.05) is 51.3 Å². The van der Waals surface area contributed by atoms with Crippen LogP contribution in [0.4, 0.5) is 0 Å². The molecule has 6 nitrogen and oxygen atoms in total. The van der Waals surface area contributed by atoms with Gasteiger partial charge in [-0.15, -0.1) is 11.8 Å². The number of carbonyl (C=O) groups excluding carboxylic acids is 3. The first-order valence-corrected chi connectivity index (χ1v) is 12.3. The number of nitrogens with one attached hydrogen (secondary N) is 2. The summed E-state index contributed by atoms with van der Waals surface area (Å²) in [6, 6.07) is 6.56. The minimum atomic E-state index is -0.631. The molecule has 3 amide bonds. The van der Waals surface area contributed by atoms with Gasteiger partial charge in [0.25, 0.3) is 5.91 Å². The van der Waals surface area contributed by atoms with Gasteiger partial charge in [-0.2, -0.15) is 0 Å². The van der Waals surface area contributed by atoms with Crippen LogP contribution in [0.3, 0.4) is 0 Å². The maximum absolute atomic E-state index is 13.6. The van der Waals surface area contributed by atoms with Crippen LogP contribution < -0.4 is 10.6 Å². The van der Waals surface area contributed by atoms with Gasteiger partial charge in [-0.3, -0.25) is 14.4 Å². The van der Waals surface area contributed by atoms with Crippen LogP contribution in [0.5, 0.6) is 0 Å². The third-order valence-corrected chi connectivity index (χ3v) is 8.57. The van der Waals surface area contributed by atoms with Gasteiger partial charge in [0.2, 0.25) is 11.8 Å². The van der Waals surface area contributed by atoms with E-state index in [0.717, 1.165) is 37.7 Å². The van der Waals surface area contributed by atoms with Crippen LogP contribution in [-0.4, -0.2) is 45.5 Å². The molecule has 0 aromatic heterocycles. The molecule has 4 rings (SSSR count). The third kappa shape index (κ3) is 3.97. The van der Waals surface area contributed by atoms with E-state index in [-0.39, 0.29) is 35.1 Å². The van der Waals surface area contributed by atoms with Crippen molar-refractivity contribution in [3.63, 3.8) is 0 Å². The maximum Gasteiger partial charge on any atom is 0.256 e. The minimum Gasteiger partial charge on any atom is -0.352 e. The van der Waals surface area contributed by atoms with Crippen molar-refractivity contribution in [2.24, 2.45) is 5.92 Å². The molecule has 3 aliphatic rings. The van der Waals surface area contributed by atoms with E-state index in [0.29, 0.717) is 5.56 Å². The zero-order chi connectivity index (χ0) is 22.3. The van der Waals surface area contributed by atoms with Gasteiger partial charge in [0.05, 0.1) is 0 Å². The van der Waals surface area contributed by atoms with E-state index in [2.05, 4.69) is 10.6 Å². The van der Waals surface area contributed by atoms with Crippen molar-refractivity contribution in [3.8, 4) is 0 Å². The molecule has 2 N–H and O–H groups in total. The highest BCUT2D eigenvalue weighted by Crippen LogP contribution is 2.56. The highest BCUT2D eigenvalue weighted by atomic mass is 32.2. The zero-order valence-electron chi connectivity index (χ0n) is 18.8. The third-order valence-electron chi connectivity index (χ3n) is 7.04. The summed E-state index contributed by atoms with van der Waals surface area (Å²) in [7, 11) is 0. The summed E-state index contributed by atoms with van der Waals surface area (Å²) >= 11 is 1.64. The van der Waals surface area contributed by atoms with Crippen molar-refractivity contribution >= 4 is 29.5 Å². The molecule has 31 heavy (non-hydrogen) atoms.